The van der Waals surface area contributed by atoms with E-state index in [4.69, 9.17) is 0 Å². The topological polar surface area (TPSA) is 49.0 Å². The fourth-order valence-corrected chi connectivity index (χ4v) is 1.74. The summed E-state index contributed by atoms with van der Waals surface area (Å²) in [6.45, 7) is 1.97. The first-order chi connectivity index (χ1) is 8.11. The van der Waals surface area contributed by atoms with Crippen molar-refractivity contribution in [3.05, 3.63) is 41.6 Å². The molecule has 0 saturated heterocycles. The first-order valence-electron chi connectivity index (χ1n) is 5.42. The second kappa shape index (κ2) is 4.41. The lowest BCUT2D eigenvalue weighted by atomic mass is 10.0. The Labute approximate surface area is 100 Å². The second-order valence-corrected chi connectivity index (χ2v) is 4.16. The number of benzene rings is 1. The number of nitrogens with zero attached hydrogens (tertiary/aromatic N) is 2. The van der Waals surface area contributed by atoms with Crippen LogP contribution in [0.3, 0.4) is 0 Å². The summed E-state index contributed by atoms with van der Waals surface area (Å²) in [7, 11) is 3.49. The summed E-state index contributed by atoms with van der Waals surface area (Å²) in [6, 6.07) is 7.52. The van der Waals surface area contributed by atoms with Gasteiger partial charge < -0.3 is 4.90 Å². The van der Waals surface area contributed by atoms with Gasteiger partial charge in [-0.1, -0.05) is 18.2 Å². The number of rotatable bonds is 2. The smallest absolute Gasteiger partial charge is 0.254 e. The minimum absolute atomic E-state index is 0.0111. The third kappa shape index (κ3) is 2.06. The lowest BCUT2D eigenvalue weighted by Gasteiger charge is -2.13. The lowest BCUT2D eigenvalue weighted by molar-refractivity contribution is 0.0828. The van der Waals surface area contributed by atoms with Crippen molar-refractivity contribution in [2.75, 3.05) is 14.1 Å². The van der Waals surface area contributed by atoms with Gasteiger partial charge in [0.2, 0.25) is 0 Å². The molecule has 0 saturated carbocycles. The van der Waals surface area contributed by atoms with E-state index >= 15 is 0 Å². The summed E-state index contributed by atoms with van der Waals surface area (Å²) in [5, 5.41) is 7.01. The van der Waals surface area contributed by atoms with Crippen LogP contribution in [0.2, 0.25) is 0 Å². The average Bonchev–Trinajstić information content (AvgIpc) is 2.74. The molecule has 2 aromatic rings. The van der Waals surface area contributed by atoms with Crippen molar-refractivity contribution in [2.45, 2.75) is 6.92 Å². The third-order valence-corrected chi connectivity index (χ3v) is 2.65. The van der Waals surface area contributed by atoms with Crippen molar-refractivity contribution in [1.82, 2.24) is 15.1 Å². The largest absolute Gasteiger partial charge is 0.345 e. The van der Waals surface area contributed by atoms with E-state index in [1.165, 1.54) is 0 Å². The highest BCUT2D eigenvalue weighted by atomic mass is 16.2. The van der Waals surface area contributed by atoms with Crippen LogP contribution in [-0.2, 0) is 0 Å². The van der Waals surface area contributed by atoms with E-state index in [0.29, 0.717) is 5.56 Å². The van der Waals surface area contributed by atoms with Gasteiger partial charge in [0.1, 0.15) is 0 Å². The first-order valence-corrected chi connectivity index (χ1v) is 5.42. The van der Waals surface area contributed by atoms with Crippen molar-refractivity contribution in [2.24, 2.45) is 0 Å². The van der Waals surface area contributed by atoms with E-state index in [1.807, 2.05) is 37.4 Å². The summed E-state index contributed by atoms with van der Waals surface area (Å²) in [5.74, 6) is -0.0111. The molecule has 0 unspecified atom stereocenters. The van der Waals surface area contributed by atoms with Crippen molar-refractivity contribution >= 4 is 5.91 Å². The summed E-state index contributed by atoms with van der Waals surface area (Å²) in [5.41, 5.74) is 3.40. The number of nitrogens with one attached hydrogen (secondary N) is 1. The Balaban J connectivity index is 2.56. The first kappa shape index (κ1) is 11.4. The molecule has 0 aliphatic heterocycles. The van der Waals surface area contributed by atoms with Crippen LogP contribution in [0.4, 0.5) is 0 Å². The highest BCUT2D eigenvalue weighted by Crippen LogP contribution is 2.25. The Morgan fingerprint density at radius 1 is 1.29 bits per heavy atom. The highest BCUT2D eigenvalue weighted by molar-refractivity contribution is 6.00. The molecule has 0 radical (unpaired) electrons. The summed E-state index contributed by atoms with van der Waals surface area (Å²) >= 11 is 0. The maximum Gasteiger partial charge on any atom is 0.254 e. The van der Waals surface area contributed by atoms with Gasteiger partial charge in [0.15, 0.2) is 0 Å². The molecule has 4 heteroatoms. The number of hydrogen-bond donors (Lipinski definition) is 1. The van der Waals surface area contributed by atoms with Gasteiger partial charge in [0.05, 0.1) is 5.69 Å². The number of aryl methyl sites for hydroxylation is 1. The van der Waals surface area contributed by atoms with Crippen LogP contribution >= 0.6 is 0 Å². The fourth-order valence-electron chi connectivity index (χ4n) is 1.74. The van der Waals surface area contributed by atoms with Crippen LogP contribution in [0, 0.1) is 6.92 Å². The molecular weight excluding hydrogens is 214 g/mol. The zero-order valence-electron chi connectivity index (χ0n) is 10.2. The van der Waals surface area contributed by atoms with Crippen LogP contribution in [0.5, 0.6) is 0 Å². The Kier molecular flexibility index (Phi) is 2.95. The van der Waals surface area contributed by atoms with E-state index in [0.717, 1.165) is 16.8 Å². The van der Waals surface area contributed by atoms with E-state index < -0.39 is 0 Å². The normalized spacial score (nSPS) is 10.3. The van der Waals surface area contributed by atoms with Gasteiger partial charge >= 0.3 is 0 Å². The minimum atomic E-state index is -0.0111. The monoisotopic (exact) mass is 229 g/mol. The summed E-state index contributed by atoms with van der Waals surface area (Å²) in [6.07, 6.45) is 1.83. The number of H-pyrrole nitrogens is 1. The van der Waals surface area contributed by atoms with Crippen LogP contribution < -0.4 is 0 Å². The van der Waals surface area contributed by atoms with Gasteiger partial charge in [0, 0.05) is 31.4 Å². The number of hydrogen-bond acceptors (Lipinski definition) is 2. The maximum absolute atomic E-state index is 12.1. The van der Waals surface area contributed by atoms with E-state index in [2.05, 4.69) is 10.2 Å². The molecule has 1 heterocycles. The highest BCUT2D eigenvalue weighted by Gasteiger charge is 2.16. The van der Waals surface area contributed by atoms with Crippen molar-refractivity contribution < 1.29 is 4.79 Å². The zero-order valence-corrected chi connectivity index (χ0v) is 10.2. The predicted molar refractivity (Wildman–Crippen MR) is 66.8 cm³/mol. The number of amides is 1. The molecule has 1 N–H and O–H groups in total. The van der Waals surface area contributed by atoms with E-state index in [9.17, 15) is 4.79 Å². The van der Waals surface area contributed by atoms with Crippen LogP contribution in [0.25, 0.3) is 11.3 Å². The van der Waals surface area contributed by atoms with Gasteiger partial charge in [0.25, 0.3) is 5.91 Å². The number of aromatic amines is 1. The Hall–Kier alpha value is -2.10. The molecule has 0 atom stereocenters. The minimum Gasteiger partial charge on any atom is -0.345 e. The van der Waals surface area contributed by atoms with Gasteiger partial charge in [-0.15, -0.1) is 0 Å². The van der Waals surface area contributed by atoms with Gasteiger partial charge in [-0.2, -0.15) is 5.10 Å². The van der Waals surface area contributed by atoms with Gasteiger partial charge in [-0.3, -0.25) is 9.89 Å². The Morgan fingerprint density at radius 2 is 2.00 bits per heavy atom. The molecule has 17 heavy (non-hydrogen) atoms. The van der Waals surface area contributed by atoms with Crippen LogP contribution in [0.1, 0.15) is 15.9 Å². The SMILES string of the molecule is Cc1c[nH]nc1-c1ccccc1C(=O)N(C)C. The van der Waals surface area contributed by atoms with Gasteiger partial charge in [-0.25, -0.2) is 0 Å². The molecule has 0 bridgehead atoms. The van der Waals surface area contributed by atoms with Crippen LogP contribution in [0.15, 0.2) is 30.5 Å². The second-order valence-electron chi connectivity index (χ2n) is 4.16. The number of carbonyl (C=O) groups excluding carboxylic acids is 1. The fraction of sp³-hybridized carbons (Fsp3) is 0.231. The predicted octanol–water partition coefficient (Wildman–Crippen LogP) is 2.09. The lowest BCUT2D eigenvalue weighted by Crippen LogP contribution is -2.22. The maximum atomic E-state index is 12.1. The summed E-state index contributed by atoms with van der Waals surface area (Å²) in [4.78, 5) is 13.6. The molecule has 0 fully saturated rings. The Bertz CT molecular complexity index is 543. The van der Waals surface area contributed by atoms with E-state index in [1.54, 1.807) is 19.0 Å². The van der Waals surface area contributed by atoms with Crippen molar-refractivity contribution in [3.8, 4) is 11.3 Å². The number of carbonyl (C=O) groups is 1. The third-order valence-electron chi connectivity index (χ3n) is 2.65. The summed E-state index contributed by atoms with van der Waals surface area (Å²) < 4.78 is 0. The standard InChI is InChI=1S/C13H15N3O/c1-9-8-14-15-12(9)10-6-4-5-7-11(10)13(17)16(2)3/h4-8H,1-3H3,(H,14,15). The Morgan fingerprint density at radius 3 is 2.59 bits per heavy atom. The molecule has 88 valence electrons. The molecule has 2 rings (SSSR count). The zero-order chi connectivity index (χ0) is 12.4. The molecule has 0 spiro atoms. The molecule has 0 aliphatic carbocycles. The molecule has 1 aromatic carbocycles. The average molecular weight is 229 g/mol. The number of aromatic nitrogens is 2. The molecule has 0 aliphatic rings. The molecular formula is C13H15N3O. The molecule has 1 amide bonds. The molecule has 1 aromatic heterocycles. The van der Waals surface area contributed by atoms with Crippen LogP contribution in [-0.4, -0.2) is 35.1 Å². The van der Waals surface area contributed by atoms with E-state index in [-0.39, 0.29) is 5.91 Å². The molecule has 4 nitrogen and oxygen atoms in total. The van der Waals surface area contributed by atoms with Crippen molar-refractivity contribution in [3.63, 3.8) is 0 Å². The quantitative estimate of drug-likeness (QED) is 0.857. The van der Waals surface area contributed by atoms with Gasteiger partial charge in [-0.05, 0) is 18.6 Å². The van der Waals surface area contributed by atoms with Crippen molar-refractivity contribution in [1.29, 1.82) is 0 Å².